The number of ether oxygens (including phenoxy) is 1. The number of hydrogen-bond donors (Lipinski definition) is 1. The van der Waals surface area contributed by atoms with Crippen LogP contribution in [0.3, 0.4) is 0 Å². The van der Waals surface area contributed by atoms with Crippen LogP contribution in [-0.4, -0.2) is 24.0 Å². The van der Waals surface area contributed by atoms with Gasteiger partial charge in [-0.05, 0) is 6.07 Å². The lowest BCUT2D eigenvalue weighted by atomic mass is 10.1. The quantitative estimate of drug-likeness (QED) is 0.637. The van der Waals surface area contributed by atoms with Crippen molar-refractivity contribution in [3.8, 4) is 5.75 Å². The summed E-state index contributed by atoms with van der Waals surface area (Å²) in [5, 5.41) is 8.44. The molecule has 1 aromatic rings. The molecule has 0 saturated heterocycles. The molecule has 1 aromatic carbocycles. The van der Waals surface area contributed by atoms with Crippen LogP contribution >= 0.6 is 11.6 Å². The number of rotatable bonds is 3. The molecule has 0 aliphatic carbocycles. The molecule has 0 bridgehead atoms. The Morgan fingerprint density at radius 1 is 1.47 bits per heavy atom. The van der Waals surface area contributed by atoms with E-state index in [1.54, 1.807) is 0 Å². The Morgan fingerprint density at radius 3 is 2.53 bits per heavy atom. The zero-order valence-electron chi connectivity index (χ0n) is 7.58. The number of ketones is 1. The van der Waals surface area contributed by atoms with E-state index in [2.05, 4.69) is 4.74 Å². The predicted octanol–water partition coefficient (Wildman–Crippen LogP) is 1.75. The van der Waals surface area contributed by atoms with Gasteiger partial charge in [0.05, 0.1) is 12.7 Å². The summed E-state index contributed by atoms with van der Waals surface area (Å²) in [6, 6.07) is 2.09. The number of methoxy groups -OCH3 is 1. The Labute approximate surface area is 89.2 Å². The van der Waals surface area contributed by atoms with E-state index in [-0.39, 0.29) is 10.8 Å². The summed E-state index contributed by atoms with van der Waals surface area (Å²) in [7, 11) is 1.18. The highest BCUT2D eigenvalue weighted by molar-refractivity contribution is 6.40. The Bertz CT molecular complexity index is 430. The number of halogens is 2. The molecule has 1 rings (SSSR count). The van der Waals surface area contributed by atoms with E-state index in [0.717, 1.165) is 12.1 Å². The van der Waals surface area contributed by atoms with Gasteiger partial charge in [-0.1, -0.05) is 11.6 Å². The molecule has 0 saturated carbocycles. The molecule has 4 nitrogen and oxygen atoms in total. The van der Waals surface area contributed by atoms with Crippen molar-refractivity contribution in [2.75, 3.05) is 7.11 Å². The van der Waals surface area contributed by atoms with Gasteiger partial charge in [-0.3, -0.25) is 4.79 Å². The van der Waals surface area contributed by atoms with Gasteiger partial charge >= 0.3 is 5.97 Å². The molecule has 0 aromatic heterocycles. The topological polar surface area (TPSA) is 63.6 Å². The van der Waals surface area contributed by atoms with Crippen molar-refractivity contribution >= 4 is 23.4 Å². The van der Waals surface area contributed by atoms with Gasteiger partial charge < -0.3 is 9.84 Å². The van der Waals surface area contributed by atoms with Crippen LogP contribution in [0, 0.1) is 5.82 Å². The van der Waals surface area contributed by atoms with Gasteiger partial charge in [0.1, 0.15) is 0 Å². The van der Waals surface area contributed by atoms with Crippen molar-refractivity contribution < 1.29 is 23.8 Å². The number of carboxylic acid groups (broad SMARTS) is 1. The van der Waals surface area contributed by atoms with Gasteiger partial charge in [-0.2, -0.15) is 0 Å². The molecule has 1 N–H and O–H groups in total. The van der Waals surface area contributed by atoms with Crippen molar-refractivity contribution in [1.82, 2.24) is 0 Å². The maximum atomic E-state index is 13.4. The number of aliphatic carboxylic acids is 1. The third-order valence-electron chi connectivity index (χ3n) is 1.66. The molecule has 0 heterocycles. The molecule has 0 spiro atoms. The first-order chi connectivity index (χ1) is 6.97. The van der Waals surface area contributed by atoms with Crippen LogP contribution in [0.25, 0.3) is 0 Å². The van der Waals surface area contributed by atoms with Crippen molar-refractivity contribution in [2.45, 2.75) is 0 Å². The van der Waals surface area contributed by atoms with Crippen molar-refractivity contribution in [3.05, 3.63) is 28.5 Å². The molecule has 15 heavy (non-hydrogen) atoms. The lowest BCUT2D eigenvalue weighted by Crippen LogP contribution is -2.15. The molecule has 0 fully saturated rings. The van der Waals surface area contributed by atoms with Gasteiger partial charge in [0.25, 0.3) is 5.78 Å². The third kappa shape index (κ3) is 2.24. The van der Waals surface area contributed by atoms with Crippen molar-refractivity contribution in [2.24, 2.45) is 0 Å². The molecule has 0 aliphatic heterocycles. The minimum Gasteiger partial charge on any atom is -0.494 e. The van der Waals surface area contributed by atoms with Gasteiger partial charge in [-0.15, -0.1) is 0 Å². The summed E-state index contributed by atoms with van der Waals surface area (Å²) in [6.45, 7) is 0. The van der Waals surface area contributed by atoms with E-state index >= 15 is 0 Å². The van der Waals surface area contributed by atoms with Crippen LogP contribution in [-0.2, 0) is 4.79 Å². The lowest BCUT2D eigenvalue weighted by Gasteiger charge is -2.05. The maximum Gasteiger partial charge on any atom is 0.377 e. The maximum absolute atomic E-state index is 13.4. The minimum absolute atomic E-state index is 0.0258. The zero-order chi connectivity index (χ0) is 11.6. The second-order valence-electron chi connectivity index (χ2n) is 2.60. The first kappa shape index (κ1) is 11.5. The fourth-order valence-electron chi connectivity index (χ4n) is 0.993. The van der Waals surface area contributed by atoms with Crippen LogP contribution in [0.15, 0.2) is 12.1 Å². The van der Waals surface area contributed by atoms with Gasteiger partial charge in [-0.25, -0.2) is 9.18 Å². The zero-order valence-corrected chi connectivity index (χ0v) is 8.34. The molecular weight excluding hydrogens is 227 g/mol. The molecule has 6 heteroatoms. The monoisotopic (exact) mass is 232 g/mol. The summed E-state index contributed by atoms with van der Waals surface area (Å²) in [5.74, 6) is -4.42. The van der Waals surface area contributed by atoms with Gasteiger partial charge in [0, 0.05) is 11.1 Å². The standard InChI is InChI=1S/C9H6ClFO4/c1-15-6-3-4(10)2-5(7(6)11)8(12)9(13)14/h2-3H,1H3,(H,13,14). The highest BCUT2D eigenvalue weighted by Crippen LogP contribution is 2.26. The highest BCUT2D eigenvalue weighted by Gasteiger charge is 2.22. The number of Topliss-reactive ketones (excluding diaryl/α,β-unsaturated/α-hetero) is 1. The minimum atomic E-state index is -1.75. The highest BCUT2D eigenvalue weighted by atomic mass is 35.5. The molecular formula is C9H6ClFO4. The Kier molecular flexibility index (Phi) is 3.26. The normalized spacial score (nSPS) is 9.80. The smallest absolute Gasteiger partial charge is 0.377 e. The van der Waals surface area contributed by atoms with Gasteiger partial charge in [0.15, 0.2) is 11.6 Å². The van der Waals surface area contributed by atoms with Crippen LogP contribution < -0.4 is 4.74 Å². The van der Waals surface area contributed by atoms with Crippen molar-refractivity contribution in [3.63, 3.8) is 0 Å². The SMILES string of the molecule is COc1cc(Cl)cc(C(=O)C(=O)O)c1F. The molecule has 80 valence electrons. The molecule has 0 amide bonds. The average molecular weight is 233 g/mol. The van der Waals surface area contributed by atoms with E-state index in [1.807, 2.05) is 0 Å². The van der Waals surface area contributed by atoms with E-state index in [4.69, 9.17) is 16.7 Å². The fraction of sp³-hybridized carbons (Fsp3) is 0.111. The molecule has 0 atom stereocenters. The first-order valence-corrected chi connectivity index (χ1v) is 4.15. The summed E-state index contributed by atoms with van der Waals surface area (Å²) >= 11 is 5.56. The first-order valence-electron chi connectivity index (χ1n) is 3.78. The van der Waals surface area contributed by atoms with Crippen LogP contribution in [0.5, 0.6) is 5.75 Å². The van der Waals surface area contributed by atoms with E-state index in [9.17, 15) is 14.0 Å². The average Bonchev–Trinajstić information content (AvgIpc) is 2.19. The van der Waals surface area contributed by atoms with Crippen LogP contribution in [0.2, 0.25) is 5.02 Å². The number of benzene rings is 1. The second kappa shape index (κ2) is 4.27. The molecule has 0 unspecified atom stereocenters. The summed E-state index contributed by atoms with van der Waals surface area (Å²) in [6.07, 6.45) is 0. The Hall–Kier alpha value is -1.62. The number of carbonyl (C=O) groups excluding carboxylic acids is 1. The van der Waals surface area contributed by atoms with Gasteiger partial charge in [0.2, 0.25) is 0 Å². The van der Waals surface area contributed by atoms with Crippen LogP contribution in [0.1, 0.15) is 10.4 Å². The summed E-state index contributed by atoms with van der Waals surface area (Å²) in [5.41, 5.74) is -0.619. The van der Waals surface area contributed by atoms with Crippen molar-refractivity contribution in [1.29, 1.82) is 0 Å². The van der Waals surface area contributed by atoms with Crippen LogP contribution in [0.4, 0.5) is 4.39 Å². The number of carbonyl (C=O) groups is 2. The Morgan fingerprint density at radius 2 is 2.07 bits per heavy atom. The molecule has 0 radical (unpaired) electrons. The predicted molar refractivity (Wildman–Crippen MR) is 49.9 cm³/mol. The van der Waals surface area contributed by atoms with E-state index < -0.39 is 23.1 Å². The molecule has 0 aliphatic rings. The fourth-order valence-corrected chi connectivity index (χ4v) is 1.20. The lowest BCUT2D eigenvalue weighted by molar-refractivity contribution is -0.131. The third-order valence-corrected chi connectivity index (χ3v) is 1.88. The van der Waals surface area contributed by atoms with E-state index in [0.29, 0.717) is 0 Å². The number of hydrogen-bond acceptors (Lipinski definition) is 3. The second-order valence-corrected chi connectivity index (χ2v) is 3.04. The largest absolute Gasteiger partial charge is 0.494 e. The Balaban J connectivity index is 3.35. The van der Waals surface area contributed by atoms with E-state index in [1.165, 1.54) is 7.11 Å². The summed E-state index contributed by atoms with van der Waals surface area (Å²) in [4.78, 5) is 21.4. The number of carboxylic acids is 1. The summed E-state index contributed by atoms with van der Waals surface area (Å²) < 4.78 is 18.0.